The van der Waals surface area contributed by atoms with Crippen molar-refractivity contribution in [2.45, 2.75) is 56.1 Å². The number of hydrogen-bond acceptors (Lipinski definition) is 2. The number of halogens is 4. The molecule has 27 heavy (non-hydrogen) atoms. The maximum Gasteiger partial charge on any atom is 0.416 e. The van der Waals surface area contributed by atoms with Gasteiger partial charge in [-0.3, -0.25) is 4.90 Å². The van der Waals surface area contributed by atoms with Crippen LogP contribution in [0.1, 0.15) is 42.4 Å². The second kappa shape index (κ2) is 6.60. The highest BCUT2D eigenvalue weighted by Crippen LogP contribution is 2.47. The van der Waals surface area contributed by atoms with E-state index in [1.165, 1.54) is 0 Å². The summed E-state index contributed by atoms with van der Waals surface area (Å²) in [5.74, 6) is -0.776. The largest absolute Gasteiger partial charge is 0.416 e. The molecule has 2 aromatic rings. The molecule has 2 aliphatic rings. The third-order valence-corrected chi connectivity index (χ3v) is 5.92. The highest BCUT2D eigenvalue weighted by molar-refractivity contribution is 5.33. The Morgan fingerprint density at radius 2 is 1.63 bits per heavy atom. The lowest BCUT2D eigenvalue weighted by molar-refractivity contribution is -0.138. The molecule has 2 aromatic carbocycles. The fourth-order valence-corrected chi connectivity index (χ4v) is 4.65. The van der Waals surface area contributed by atoms with Gasteiger partial charge in [0.1, 0.15) is 5.82 Å². The maximum absolute atomic E-state index is 14.4. The monoisotopic (exact) mass is 379 g/mol. The van der Waals surface area contributed by atoms with Gasteiger partial charge in [-0.1, -0.05) is 30.3 Å². The van der Waals surface area contributed by atoms with Gasteiger partial charge in [0.05, 0.1) is 11.2 Å². The van der Waals surface area contributed by atoms with Gasteiger partial charge in [-0.15, -0.1) is 0 Å². The number of alkyl halides is 3. The first kappa shape index (κ1) is 18.4. The summed E-state index contributed by atoms with van der Waals surface area (Å²) in [6.07, 6.45) is -2.35. The molecule has 2 atom stereocenters. The minimum absolute atomic E-state index is 0.0305. The number of rotatable bonds is 3. The second-order valence-corrected chi connectivity index (χ2v) is 7.68. The molecule has 2 unspecified atom stereocenters. The molecule has 2 heterocycles. The molecular formula is C21H21F4NO. The quantitative estimate of drug-likeness (QED) is 0.770. The van der Waals surface area contributed by atoms with Gasteiger partial charge in [0, 0.05) is 24.2 Å². The minimum Gasteiger partial charge on any atom is -0.385 e. The molecule has 2 aliphatic heterocycles. The van der Waals surface area contributed by atoms with Crippen molar-refractivity contribution in [3.05, 3.63) is 71.0 Å². The Morgan fingerprint density at radius 1 is 1.00 bits per heavy atom. The normalized spacial score (nSPS) is 28.5. The summed E-state index contributed by atoms with van der Waals surface area (Å²) < 4.78 is 53.5. The molecule has 0 radical (unpaired) electrons. The third-order valence-electron chi connectivity index (χ3n) is 5.92. The Kier molecular flexibility index (Phi) is 4.51. The van der Waals surface area contributed by atoms with E-state index in [0.717, 1.165) is 43.1 Å². The SMILES string of the molecule is OC1(c2cc(C(F)(F)F)ccc2F)CC2CCC(C1)N2Cc1ccccc1. The Hall–Kier alpha value is -1.92. The molecule has 1 N–H and O–H groups in total. The van der Waals surface area contributed by atoms with Gasteiger partial charge in [-0.05, 0) is 49.4 Å². The fourth-order valence-electron chi connectivity index (χ4n) is 4.65. The molecule has 0 aromatic heterocycles. The molecule has 4 rings (SSSR count). The Balaban J connectivity index is 1.60. The molecule has 2 nitrogen and oxygen atoms in total. The van der Waals surface area contributed by atoms with Crippen LogP contribution in [0.5, 0.6) is 0 Å². The molecule has 0 saturated carbocycles. The molecule has 2 saturated heterocycles. The lowest BCUT2D eigenvalue weighted by Crippen LogP contribution is -2.49. The zero-order valence-corrected chi connectivity index (χ0v) is 14.7. The Morgan fingerprint density at radius 3 is 2.22 bits per heavy atom. The molecular weight excluding hydrogens is 358 g/mol. The summed E-state index contributed by atoms with van der Waals surface area (Å²) in [7, 11) is 0. The van der Waals surface area contributed by atoms with Gasteiger partial charge in [0.2, 0.25) is 0 Å². The van der Waals surface area contributed by atoms with Crippen molar-refractivity contribution < 1.29 is 22.7 Å². The molecule has 0 spiro atoms. The van der Waals surface area contributed by atoms with E-state index in [9.17, 15) is 22.7 Å². The van der Waals surface area contributed by atoms with Crippen LogP contribution < -0.4 is 0 Å². The average molecular weight is 379 g/mol. The summed E-state index contributed by atoms with van der Waals surface area (Å²) in [6, 6.07) is 12.3. The van der Waals surface area contributed by atoms with Crippen LogP contribution in [0, 0.1) is 5.82 Å². The highest BCUT2D eigenvalue weighted by Gasteiger charge is 2.49. The summed E-state index contributed by atoms with van der Waals surface area (Å²) in [5.41, 5.74) is -1.56. The minimum atomic E-state index is -4.56. The summed E-state index contributed by atoms with van der Waals surface area (Å²) in [6.45, 7) is 0.733. The molecule has 6 heteroatoms. The van der Waals surface area contributed by atoms with E-state index in [0.29, 0.717) is 0 Å². The molecule has 2 fully saturated rings. The van der Waals surface area contributed by atoms with Crippen LogP contribution >= 0.6 is 0 Å². The maximum atomic E-state index is 14.4. The van der Waals surface area contributed by atoms with Gasteiger partial charge in [0.15, 0.2) is 0 Å². The first-order valence-corrected chi connectivity index (χ1v) is 9.15. The third kappa shape index (κ3) is 3.48. The van der Waals surface area contributed by atoms with Crippen molar-refractivity contribution in [1.29, 1.82) is 0 Å². The number of fused-ring (bicyclic) bond motifs is 2. The van der Waals surface area contributed by atoms with E-state index in [2.05, 4.69) is 4.90 Å². The molecule has 0 aliphatic carbocycles. The number of benzene rings is 2. The van der Waals surface area contributed by atoms with Gasteiger partial charge >= 0.3 is 6.18 Å². The van der Waals surface area contributed by atoms with Crippen LogP contribution in [0.15, 0.2) is 48.5 Å². The molecule has 0 amide bonds. The van der Waals surface area contributed by atoms with E-state index in [-0.39, 0.29) is 30.5 Å². The predicted octanol–water partition coefficient (Wildman–Crippen LogP) is 4.86. The average Bonchev–Trinajstić information content (AvgIpc) is 2.86. The second-order valence-electron chi connectivity index (χ2n) is 7.68. The van der Waals surface area contributed by atoms with Crippen molar-refractivity contribution in [2.24, 2.45) is 0 Å². The summed E-state index contributed by atoms with van der Waals surface area (Å²) >= 11 is 0. The molecule has 2 bridgehead atoms. The van der Waals surface area contributed by atoms with Crippen LogP contribution in [-0.2, 0) is 18.3 Å². The Bertz CT molecular complexity index is 807. The summed E-state index contributed by atoms with van der Waals surface area (Å²) in [5, 5.41) is 11.1. The van der Waals surface area contributed by atoms with Gasteiger partial charge in [0.25, 0.3) is 0 Å². The van der Waals surface area contributed by atoms with Crippen LogP contribution in [0.2, 0.25) is 0 Å². The van der Waals surface area contributed by atoms with Crippen LogP contribution in [-0.4, -0.2) is 22.1 Å². The number of nitrogens with zero attached hydrogens (tertiary/aromatic N) is 1. The smallest absolute Gasteiger partial charge is 0.385 e. The van der Waals surface area contributed by atoms with Gasteiger partial charge < -0.3 is 5.11 Å². The highest BCUT2D eigenvalue weighted by atomic mass is 19.4. The lowest BCUT2D eigenvalue weighted by Gasteiger charge is -2.44. The number of hydrogen-bond donors (Lipinski definition) is 1. The zero-order chi connectivity index (χ0) is 19.2. The van der Waals surface area contributed by atoms with E-state index in [1.807, 2.05) is 30.3 Å². The van der Waals surface area contributed by atoms with Crippen molar-refractivity contribution in [2.75, 3.05) is 0 Å². The van der Waals surface area contributed by atoms with Crippen molar-refractivity contribution >= 4 is 0 Å². The first-order chi connectivity index (χ1) is 12.8. The molecule has 144 valence electrons. The predicted molar refractivity (Wildman–Crippen MR) is 93.3 cm³/mol. The van der Waals surface area contributed by atoms with Crippen molar-refractivity contribution in [1.82, 2.24) is 4.90 Å². The standard InChI is InChI=1S/C21H21F4NO/c22-19-9-6-15(21(23,24)25)10-18(19)20(27)11-16-7-8-17(12-20)26(16)13-14-4-2-1-3-5-14/h1-6,9-10,16-17,27H,7-8,11-13H2. The van der Waals surface area contributed by atoms with Crippen LogP contribution in [0.25, 0.3) is 0 Å². The van der Waals surface area contributed by atoms with Gasteiger partial charge in [-0.25, -0.2) is 4.39 Å². The first-order valence-electron chi connectivity index (χ1n) is 9.15. The summed E-state index contributed by atoms with van der Waals surface area (Å²) in [4.78, 5) is 2.30. The van der Waals surface area contributed by atoms with Crippen LogP contribution in [0.3, 0.4) is 0 Å². The Labute approximate surface area is 155 Å². The van der Waals surface area contributed by atoms with E-state index < -0.39 is 23.2 Å². The zero-order valence-electron chi connectivity index (χ0n) is 14.7. The fraction of sp³-hybridized carbons (Fsp3) is 0.429. The van der Waals surface area contributed by atoms with Crippen molar-refractivity contribution in [3.63, 3.8) is 0 Å². The van der Waals surface area contributed by atoms with Crippen molar-refractivity contribution in [3.8, 4) is 0 Å². The number of aliphatic hydroxyl groups is 1. The lowest BCUT2D eigenvalue weighted by atomic mass is 9.79. The van der Waals surface area contributed by atoms with Gasteiger partial charge in [-0.2, -0.15) is 13.2 Å². The van der Waals surface area contributed by atoms with Crippen LogP contribution in [0.4, 0.5) is 17.6 Å². The number of piperidine rings is 1. The topological polar surface area (TPSA) is 23.5 Å². The van der Waals surface area contributed by atoms with E-state index in [4.69, 9.17) is 0 Å². The van der Waals surface area contributed by atoms with E-state index in [1.54, 1.807) is 0 Å². The van der Waals surface area contributed by atoms with E-state index >= 15 is 0 Å².